The quantitative estimate of drug-likeness (QED) is 0.800. The number of fused-ring (bicyclic) bond motifs is 1. The molecule has 4 nitrogen and oxygen atoms in total. The van der Waals surface area contributed by atoms with E-state index in [0.717, 1.165) is 24.1 Å². The molecule has 2 unspecified atom stereocenters. The maximum absolute atomic E-state index is 12.7. The monoisotopic (exact) mass is 301 g/mol. The molecule has 1 aromatic carbocycles. The van der Waals surface area contributed by atoms with Gasteiger partial charge in [0.1, 0.15) is 6.61 Å². The fraction of sp³-hybridized carbons (Fsp3) is 0.556. The van der Waals surface area contributed by atoms with Crippen molar-refractivity contribution in [2.24, 2.45) is 16.5 Å². The van der Waals surface area contributed by atoms with Gasteiger partial charge in [0.2, 0.25) is 5.60 Å². The third-order valence-electron chi connectivity index (χ3n) is 4.57. The topological polar surface area (TPSA) is 47.9 Å². The molecule has 1 aromatic rings. The average molecular weight is 301 g/mol. The fourth-order valence-electron chi connectivity index (χ4n) is 3.42. The van der Waals surface area contributed by atoms with Crippen LogP contribution in [0.15, 0.2) is 35.5 Å². The fourth-order valence-corrected chi connectivity index (χ4v) is 3.42. The smallest absolute Gasteiger partial charge is 0.354 e. The number of carbonyl (C=O) groups is 1. The first-order valence-corrected chi connectivity index (χ1v) is 7.91. The summed E-state index contributed by atoms with van der Waals surface area (Å²) in [7, 11) is 0. The highest BCUT2D eigenvalue weighted by molar-refractivity contribution is 5.99. The van der Waals surface area contributed by atoms with E-state index in [1.807, 2.05) is 30.3 Å². The Hall–Kier alpha value is -1.84. The van der Waals surface area contributed by atoms with Gasteiger partial charge >= 0.3 is 5.97 Å². The van der Waals surface area contributed by atoms with Gasteiger partial charge in [0, 0.05) is 11.8 Å². The summed E-state index contributed by atoms with van der Waals surface area (Å²) in [6.07, 6.45) is 2.60. The largest absolute Gasteiger partial charge is 0.458 e. The summed E-state index contributed by atoms with van der Waals surface area (Å²) in [5.41, 5.74) is 0.992. The van der Waals surface area contributed by atoms with E-state index in [-0.39, 0.29) is 23.9 Å². The standard InChI is InChI=1S/C18H23NO3/c1-17(2,3)15-14-10-7-11-18(14,22-19-15)16(20)21-12-13-8-5-4-6-9-13/h4-6,8-9,14H,7,10-12H2,1-3H3. The third-order valence-corrected chi connectivity index (χ3v) is 4.57. The molecular weight excluding hydrogens is 278 g/mol. The number of hydrogen-bond acceptors (Lipinski definition) is 4. The molecule has 1 fully saturated rings. The highest BCUT2D eigenvalue weighted by atomic mass is 16.7. The van der Waals surface area contributed by atoms with Crippen LogP contribution < -0.4 is 0 Å². The first kappa shape index (κ1) is 15.1. The molecule has 22 heavy (non-hydrogen) atoms. The highest BCUT2D eigenvalue weighted by Crippen LogP contribution is 2.48. The summed E-state index contributed by atoms with van der Waals surface area (Å²) in [5.74, 6) is -0.224. The molecule has 2 atom stereocenters. The van der Waals surface area contributed by atoms with E-state index in [1.165, 1.54) is 0 Å². The highest BCUT2D eigenvalue weighted by Gasteiger charge is 2.60. The minimum atomic E-state index is -0.891. The molecule has 0 N–H and O–H groups in total. The normalized spacial score (nSPS) is 27.0. The molecule has 1 saturated carbocycles. The van der Waals surface area contributed by atoms with Crippen molar-refractivity contribution in [1.29, 1.82) is 0 Å². The first-order valence-electron chi connectivity index (χ1n) is 7.91. The van der Waals surface area contributed by atoms with Gasteiger partial charge in [-0.3, -0.25) is 0 Å². The second-order valence-corrected chi connectivity index (χ2v) is 7.21. The minimum absolute atomic E-state index is 0.0516. The van der Waals surface area contributed by atoms with E-state index in [4.69, 9.17) is 9.57 Å². The summed E-state index contributed by atoms with van der Waals surface area (Å²) in [4.78, 5) is 18.3. The van der Waals surface area contributed by atoms with Crippen molar-refractivity contribution in [3.63, 3.8) is 0 Å². The zero-order valence-electron chi connectivity index (χ0n) is 13.5. The van der Waals surface area contributed by atoms with Crippen LogP contribution in [0.4, 0.5) is 0 Å². The summed E-state index contributed by atoms with van der Waals surface area (Å²) in [6.45, 7) is 6.61. The van der Waals surface area contributed by atoms with Crippen molar-refractivity contribution in [2.45, 2.75) is 52.2 Å². The van der Waals surface area contributed by atoms with E-state index < -0.39 is 5.60 Å². The Kier molecular flexibility index (Phi) is 3.71. The first-order chi connectivity index (χ1) is 10.4. The minimum Gasteiger partial charge on any atom is -0.458 e. The molecule has 1 aliphatic carbocycles. The molecular formula is C18H23NO3. The number of oxime groups is 1. The number of rotatable bonds is 3. The van der Waals surface area contributed by atoms with Gasteiger partial charge in [-0.1, -0.05) is 56.3 Å². The summed E-state index contributed by atoms with van der Waals surface area (Å²) in [6, 6.07) is 9.72. The third kappa shape index (κ3) is 2.51. The van der Waals surface area contributed by atoms with Gasteiger partial charge in [-0.25, -0.2) is 4.79 Å². The van der Waals surface area contributed by atoms with E-state index in [0.29, 0.717) is 6.42 Å². The van der Waals surface area contributed by atoms with Crippen LogP contribution in [0.3, 0.4) is 0 Å². The Morgan fingerprint density at radius 1 is 1.36 bits per heavy atom. The summed E-state index contributed by atoms with van der Waals surface area (Å²) in [5, 5.41) is 4.26. The van der Waals surface area contributed by atoms with Crippen molar-refractivity contribution in [3.8, 4) is 0 Å². The molecule has 4 heteroatoms. The number of hydrogen-bond donors (Lipinski definition) is 0. The van der Waals surface area contributed by atoms with Crippen LogP contribution in [0, 0.1) is 11.3 Å². The van der Waals surface area contributed by atoms with Crippen LogP contribution in [0.5, 0.6) is 0 Å². The molecule has 0 saturated heterocycles. The Morgan fingerprint density at radius 2 is 2.09 bits per heavy atom. The Bertz CT molecular complexity index is 588. The average Bonchev–Trinajstić information content (AvgIpc) is 3.04. The van der Waals surface area contributed by atoms with E-state index in [2.05, 4.69) is 25.9 Å². The Labute approximate surface area is 131 Å². The zero-order valence-corrected chi connectivity index (χ0v) is 13.5. The van der Waals surface area contributed by atoms with Crippen LogP contribution in [0.25, 0.3) is 0 Å². The molecule has 3 rings (SSSR count). The van der Waals surface area contributed by atoms with Gasteiger partial charge < -0.3 is 9.57 Å². The van der Waals surface area contributed by atoms with E-state index in [1.54, 1.807) is 0 Å². The number of ether oxygens (including phenoxy) is 1. The van der Waals surface area contributed by atoms with Crippen LogP contribution >= 0.6 is 0 Å². The zero-order chi connectivity index (χ0) is 15.8. The maximum atomic E-state index is 12.7. The van der Waals surface area contributed by atoms with Gasteiger partial charge in [0.05, 0.1) is 11.6 Å². The van der Waals surface area contributed by atoms with Crippen LogP contribution in [-0.4, -0.2) is 17.3 Å². The van der Waals surface area contributed by atoms with E-state index >= 15 is 0 Å². The summed E-state index contributed by atoms with van der Waals surface area (Å²) < 4.78 is 5.54. The number of esters is 1. The SMILES string of the molecule is CC(C)(C)C1=NOC2(C(=O)OCc3ccccc3)CCCC12. The Morgan fingerprint density at radius 3 is 2.77 bits per heavy atom. The van der Waals surface area contributed by atoms with Crippen molar-refractivity contribution in [3.05, 3.63) is 35.9 Å². The van der Waals surface area contributed by atoms with Gasteiger partial charge in [-0.2, -0.15) is 0 Å². The lowest BCUT2D eigenvalue weighted by molar-refractivity contribution is -0.173. The number of carbonyl (C=O) groups excluding carboxylic acids is 1. The predicted molar refractivity (Wildman–Crippen MR) is 84.3 cm³/mol. The van der Waals surface area contributed by atoms with Crippen LogP contribution in [0.2, 0.25) is 0 Å². The van der Waals surface area contributed by atoms with Gasteiger partial charge in [0.25, 0.3) is 0 Å². The molecule has 1 aliphatic heterocycles. The Balaban J connectivity index is 1.72. The number of nitrogens with zero attached hydrogens (tertiary/aromatic N) is 1. The van der Waals surface area contributed by atoms with Crippen molar-refractivity contribution in [2.75, 3.05) is 0 Å². The maximum Gasteiger partial charge on any atom is 0.354 e. The molecule has 118 valence electrons. The lowest BCUT2D eigenvalue weighted by atomic mass is 9.76. The number of benzene rings is 1. The molecule has 0 spiro atoms. The van der Waals surface area contributed by atoms with Crippen molar-refractivity contribution in [1.82, 2.24) is 0 Å². The van der Waals surface area contributed by atoms with Crippen molar-refractivity contribution >= 4 is 11.7 Å². The predicted octanol–water partition coefficient (Wildman–Crippen LogP) is 3.70. The molecule has 0 radical (unpaired) electrons. The van der Waals surface area contributed by atoms with Gasteiger partial charge in [-0.15, -0.1) is 0 Å². The summed E-state index contributed by atoms with van der Waals surface area (Å²) >= 11 is 0. The second-order valence-electron chi connectivity index (χ2n) is 7.21. The van der Waals surface area contributed by atoms with Crippen LogP contribution in [0.1, 0.15) is 45.6 Å². The molecule has 0 aromatic heterocycles. The van der Waals surface area contributed by atoms with Gasteiger partial charge in [-0.05, 0) is 18.4 Å². The van der Waals surface area contributed by atoms with Crippen molar-refractivity contribution < 1.29 is 14.4 Å². The van der Waals surface area contributed by atoms with Gasteiger partial charge in [0.15, 0.2) is 0 Å². The molecule has 0 amide bonds. The lowest BCUT2D eigenvalue weighted by Gasteiger charge is -2.27. The molecule has 2 aliphatic rings. The van der Waals surface area contributed by atoms with Crippen LogP contribution in [-0.2, 0) is 21.0 Å². The lowest BCUT2D eigenvalue weighted by Crippen LogP contribution is -2.45. The van der Waals surface area contributed by atoms with E-state index in [9.17, 15) is 4.79 Å². The molecule has 1 heterocycles. The molecule has 0 bridgehead atoms. The second kappa shape index (κ2) is 5.41.